The summed E-state index contributed by atoms with van der Waals surface area (Å²) >= 11 is 0. The van der Waals surface area contributed by atoms with Crippen molar-refractivity contribution in [3.63, 3.8) is 0 Å². The number of nitrogens with one attached hydrogen (secondary N) is 1. The van der Waals surface area contributed by atoms with Gasteiger partial charge in [-0.05, 0) is 37.3 Å². The molecule has 2 aromatic heterocycles. The number of imidazole rings is 1. The van der Waals surface area contributed by atoms with E-state index in [2.05, 4.69) is 10.3 Å². The van der Waals surface area contributed by atoms with Crippen molar-refractivity contribution >= 4 is 23.5 Å². The van der Waals surface area contributed by atoms with Crippen molar-refractivity contribution in [2.45, 2.75) is 45.6 Å². The third-order valence-corrected chi connectivity index (χ3v) is 6.04. The number of piperidine rings is 1. The Morgan fingerprint density at radius 2 is 2.00 bits per heavy atom. The molecule has 8 nitrogen and oxygen atoms in total. The van der Waals surface area contributed by atoms with Crippen LogP contribution in [0.3, 0.4) is 0 Å². The summed E-state index contributed by atoms with van der Waals surface area (Å²) in [4.78, 5) is 45.7. The van der Waals surface area contributed by atoms with Gasteiger partial charge in [-0.2, -0.15) is 0 Å². The Balaban J connectivity index is 1.46. The van der Waals surface area contributed by atoms with Gasteiger partial charge in [-0.1, -0.05) is 19.9 Å². The average Bonchev–Trinajstić information content (AvgIpc) is 3.18. The summed E-state index contributed by atoms with van der Waals surface area (Å²) in [5, 5.41) is 2.47. The third kappa shape index (κ3) is 3.26. The molecular formula is C21H27N5O3. The molecule has 2 aliphatic rings. The van der Waals surface area contributed by atoms with Crippen molar-refractivity contribution in [3.05, 3.63) is 35.8 Å². The molecule has 0 bridgehead atoms. The van der Waals surface area contributed by atoms with E-state index in [1.165, 1.54) is 0 Å². The van der Waals surface area contributed by atoms with Crippen molar-refractivity contribution in [2.75, 3.05) is 19.6 Å². The van der Waals surface area contributed by atoms with Crippen LogP contribution < -0.4 is 5.32 Å². The second kappa shape index (κ2) is 7.17. The number of rotatable bonds is 4. The smallest absolute Gasteiger partial charge is 0.325 e. The fraction of sp³-hybridized carbons (Fsp3) is 0.524. The monoisotopic (exact) mass is 397 g/mol. The van der Waals surface area contributed by atoms with Crippen LogP contribution in [0, 0.1) is 12.8 Å². The van der Waals surface area contributed by atoms with Crippen molar-refractivity contribution < 1.29 is 14.4 Å². The predicted octanol–water partition coefficient (Wildman–Crippen LogP) is 1.75. The van der Waals surface area contributed by atoms with Crippen LogP contribution in [0.4, 0.5) is 4.79 Å². The lowest BCUT2D eigenvalue weighted by molar-refractivity contribution is -0.137. The Hall–Kier alpha value is -2.90. The molecule has 0 saturated carbocycles. The van der Waals surface area contributed by atoms with E-state index in [0.717, 1.165) is 16.9 Å². The summed E-state index contributed by atoms with van der Waals surface area (Å²) < 4.78 is 1.95. The van der Waals surface area contributed by atoms with Crippen molar-refractivity contribution in [1.29, 1.82) is 0 Å². The normalized spacial score (nSPS) is 18.9. The fourth-order valence-electron chi connectivity index (χ4n) is 4.44. The number of urea groups is 1. The third-order valence-electron chi connectivity index (χ3n) is 6.04. The number of amides is 4. The maximum atomic E-state index is 12.9. The zero-order valence-electron chi connectivity index (χ0n) is 17.1. The highest BCUT2D eigenvalue weighted by Gasteiger charge is 2.54. The number of aryl methyl sites for hydroxylation is 1. The molecule has 0 aliphatic carbocycles. The van der Waals surface area contributed by atoms with E-state index in [1.807, 2.05) is 43.5 Å². The number of imide groups is 1. The quantitative estimate of drug-likeness (QED) is 0.797. The van der Waals surface area contributed by atoms with Crippen LogP contribution in [-0.4, -0.2) is 62.2 Å². The van der Waals surface area contributed by atoms with Gasteiger partial charge in [0, 0.05) is 32.0 Å². The minimum Gasteiger partial charge on any atom is -0.342 e. The Morgan fingerprint density at radius 3 is 2.69 bits per heavy atom. The minimum atomic E-state index is -0.821. The first-order valence-electron chi connectivity index (χ1n) is 10.1. The highest BCUT2D eigenvalue weighted by atomic mass is 16.2. The van der Waals surface area contributed by atoms with E-state index in [0.29, 0.717) is 32.5 Å². The van der Waals surface area contributed by atoms with E-state index in [1.54, 1.807) is 16.0 Å². The molecule has 8 heteroatoms. The Bertz CT molecular complexity index is 972. The molecule has 4 rings (SSSR count). The molecule has 154 valence electrons. The standard InChI is InChI=1S/C21H27N5O3/c1-14(2)13-26-20(29)23-19(28)21(26)6-9-24(10-7-21)17(27)11-16-12-22-18-15(3)5-4-8-25(16)18/h4-5,8,12,14H,6-7,9-11,13H2,1-3H3,(H,23,28,29). The van der Waals surface area contributed by atoms with Gasteiger partial charge in [0.1, 0.15) is 11.2 Å². The highest BCUT2D eigenvalue weighted by molar-refractivity contribution is 6.07. The van der Waals surface area contributed by atoms with Crippen LogP contribution in [0.25, 0.3) is 5.65 Å². The topological polar surface area (TPSA) is 87.0 Å². The lowest BCUT2D eigenvalue weighted by Gasteiger charge is -2.42. The van der Waals surface area contributed by atoms with Gasteiger partial charge in [0.05, 0.1) is 12.1 Å². The summed E-state index contributed by atoms with van der Waals surface area (Å²) in [5.41, 5.74) is 1.95. The molecule has 29 heavy (non-hydrogen) atoms. The second-order valence-corrected chi connectivity index (χ2v) is 8.49. The molecule has 1 spiro atoms. The molecule has 2 saturated heterocycles. The number of carbonyl (C=O) groups excluding carboxylic acids is 3. The summed E-state index contributed by atoms with van der Waals surface area (Å²) in [6.07, 6.45) is 4.86. The van der Waals surface area contributed by atoms with E-state index >= 15 is 0 Å². The van der Waals surface area contributed by atoms with Crippen LogP contribution in [0.1, 0.15) is 37.9 Å². The van der Waals surface area contributed by atoms with Crippen LogP contribution in [0.5, 0.6) is 0 Å². The van der Waals surface area contributed by atoms with E-state index < -0.39 is 5.54 Å². The van der Waals surface area contributed by atoms with Crippen molar-refractivity contribution in [1.82, 2.24) is 24.5 Å². The van der Waals surface area contributed by atoms with Gasteiger partial charge < -0.3 is 14.2 Å². The molecule has 2 aliphatic heterocycles. The molecule has 2 aromatic rings. The summed E-state index contributed by atoms with van der Waals surface area (Å²) in [7, 11) is 0. The zero-order valence-corrected chi connectivity index (χ0v) is 17.1. The SMILES string of the molecule is Cc1cccn2c(CC(=O)N3CCC4(CC3)C(=O)NC(=O)N4CC(C)C)cnc12. The number of pyridine rings is 1. The molecule has 0 atom stereocenters. The Morgan fingerprint density at radius 1 is 1.28 bits per heavy atom. The van der Waals surface area contributed by atoms with Crippen LogP contribution >= 0.6 is 0 Å². The molecule has 0 aromatic carbocycles. The van der Waals surface area contributed by atoms with Gasteiger partial charge in [0.15, 0.2) is 0 Å². The number of hydrogen-bond donors (Lipinski definition) is 1. The maximum Gasteiger partial charge on any atom is 0.325 e. The molecule has 1 N–H and O–H groups in total. The van der Waals surface area contributed by atoms with Gasteiger partial charge in [-0.15, -0.1) is 0 Å². The lowest BCUT2D eigenvalue weighted by Crippen LogP contribution is -2.58. The summed E-state index contributed by atoms with van der Waals surface area (Å²) in [6, 6.07) is 3.63. The first-order chi connectivity index (χ1) is 13.8. The summed E-state index contributed by atoms with van der Waals surface area (Å²) in [5.74, 6) is 0.0533. The minimum absolute atomic E-state index is 0.0169. The zero-order chi connectivity index (χ0) is 20.8. The number of carbonyl (C=O) groups is 3. The van der Waals surface area contributed by atoms with Gasteiger partial charge >= 0.3 is 6.03 Å². The fourth-order valence-corrected chi connectivity index (χ4v) is 4.44. The number of aromatic nitrogens is 2. The van der Waals surface area contributed by atoms with Gasteiger partial charge in [0.25, 0.3) is 5.91 Å². The molecule has 4 amide bonds. The second-order valence-electron chi connectivity index (χ2n) is 8.49. The highest BCUT2D eigenvalue weighted by Crippen LogP contribution is 2.34. The number of likely N-dealkylation sites (tertiary alicyclic amines) is 1. The van der Waals surface area contributed by atoms with E-state index in [9.17, 15) is 14.4 Å². The van der Waals surface area contributed by atoms with Crippen LogP contribution in [0.2, 0.25) is 0 Å². The number of fused-ring (bicyclic) bond motifs is 1. The molecule has 4 heterocycles. The van der Waals surface area contributed by atoms with Gasteiger partial charge in [-0.25, -0.2) is 9.78 Å². The van der Waals surface area contributed by atoms with Crippen molar-refractivity contribution in [2.24, 2.45) is 5.92 Å². The molecule has 0 radical (unpaired) electrons. The lowest BCUT2D eigenvalue weighted by atomic mass is 9.85. The molecule has 0 unspecified atom stereocenters. The largest absolute Gasteiger partial charge is 0.342 e. The van der Waals surface area contributed by atoms with Crippen molar-refractivity contribution in [3.8, 4) is 0 Å². The molecular weight excluding hydrogens is 370 g/mol. The van der Waals surface area contributed by atoms with Gasteiger partial charge in [0.2, 0.25) is 5.91 Å². The van der Waals surface area contributed by atoms with E-state index in [-0.39, 0.29) is 30.2 Å². The van der Waals surface area contributed by atoms with Gasteiger partial charge in [-0.3, -0.25) is 14.9 Å². The number of hydrogen-bond acceptors (Lipinski definition) is 4. The Kier molecular flexibility index (Phi) is 4.80. The van der Waals surface area contributed by atoms with E-state index in [4.69, 9.17) is 0 Å². The Labute approximate surface area is 169 Å². The number of nitrogens with zero attached hydrogens (tertiary/aromatic N) is 4. The van der Waals surface area contributed by atoms with Crippen LogP contribution in [-0.2, 0) is 16.0 Å². The maximum absolute atomic E-state index is 12.9. The van der Waals surface area contributed by atoms with Crippen LogP contribution in [0.15, 0.2) is 24.5 Å². The average molecular weight is 397 g/mol. The first kappa shape index (κ1) is 19.4. The molecule has 2 fully saturated rings. The first-order valence-corrected chi connectivity index (χ1v) is 10.1. The predicted molar refractivity (Wildman–Crippen MR) is 107 cm³/mol. The summed E-state index contributed by atoms with van der Waals surface area (Å²) in [6.45, 7) is 7.51.